The fraction of sp³-hybridized carbons (Fsp3) is 0.733. The van der Waals surface area contributed by atoms with Crippen molar-refractivity contribution in [3.8, 4) is 0 Å². The highest BCUT2D eigenvalue weighted by Gasteiger charge is 2.76. The van der Waals surface area contributed by atoms with Gasteiger partial charge in [0.15, 0.2) is 5.78 Å². The fourth-order valence-electron chi connectivity index (χ4n) is 4.72. The summed E-state index contributed by atoms with van der Waals surface area (Å²) in [4.78, 5) is 24.2. The zero-order chi connectivity index (χ0) is 13.8. The number of rotatable bonds is 4. The highest BCUT2D eigenvalue weighted by atomic mass is 16.5. The van der Waals surface area contributed by atoms with E-state index in [4.69, 9.17) is 4.74 Å². The summed E-state index contributed by atoms with van der Waals surface area (Å²) in [6.45, 7) is 2.26. The number of carboxylic acids is 1. The number of hydrogen-bond donors (Lipinski definition) is 1. The largest absolute Gasteiger partial charge is 0.478 e. The molecule has 3 fully saturated rings. The summed E-state index contributed by atoms with van der Waals surface area (Å²) in [5.41, 5.74) is 0.567. The Morgan fingerprint density at radius 3 is 2.58 bits per heavy atom. The molecule has 0 aromatic rings. The van der Waals surface area contributed by atoms with E-state index in [0.717, 1.165) is 25.7 Å². The minimum Gasteiger partial charge on any atom is -0.478 e. The first kappa shape index (κ1) is 12.9. The monoisotopic (exact) mass is 264 g/mol. The number of Topliss-reactive ketones (excluding diaryl/α,β-unsaturated/α-hetero) is 1. The minimum atomic E-state index is -0.929. The Labute approximate surface area is 112 Å². The number of carbonyl (C=O) groups is 2. The van der Waals surface area contributed by atoms with Gasteiger partial charge in [0.05, 0.1) is 12.0 Å². The number of aliphatic carboxylic acids is 1. The molecule has 3 saturated carbocycles. The molecule has 1 N–H and O–H groups in total. The van der Waals surface area contributed by atoms with E-state index in [2.05, 4.69) is 0 Å². The van der Waals surface area contributed by atoms with Gasteiger partial charge in [-0.25, -0.2) is 4.79 Å². The molecule has 104 valence electrons. The number of carboxylic acid groups (broad SMARTS) is 1. The fourth-order valence-corrected chi connectivity index (χ4v) is 4.72. The van der Waals surface area contributed by atoms with Crippen LogP contribution in [-0.2, 0) is 14.3 Å². The van der Waals surface area contributed by atoms with E-state index in [0.29, 0.717) is 24.2 Å². The molecule has 0 aromatic heterocycles. The van der Waals surface area contributed by atoms with E-state index in [-0.39, 0.29) is 17.1 Å². The van der Waals surface area contributed by atoms with Crippen molar-refractivity contribution < 1.29 is 19.4 Å². The Bertz CT molecular complexity index is 486. The van der Waals surface area contributed by atoms with Gasteiger partial charge in [-0.1, -0.05) is 6.92 Å². The average Bonchev–Trinajstić information content (AvgIpc) is 3.06. The van der Waals surface area contributed by atoms with Crippen LogP contribution in [0.15, 0.2) is 11.1 Å². The molecule has 2 atom stereocenters. The van der Waals surface area contributed by atoms with Gasteiger partial charge in [0.1, 0.15) is 0 Å². The molecule has 0 aliphatic heterocycles. The molecule has 4 heteroatoms. The summed E-state index contributed by atoms with van der Waals surface area (Å²) in [6, 6.07) is 0. The van der Waals surface area contributed by atoms with Crippen molar-refractivity contribution in [1.29, 1.82) is 0 Å². The summed E-state index contributed by atoms with van der Waals surface area (Å²) in [6.07, 6.45) is 4.33. The Morgan fingerprint density at radius 2 is 2.11 bits per heavy atom. The first-order valence-electron chi connectivity index (χ1n) is 7.04. The van der Waals surface area contributed by atoms with Gasteiger partial charge in [0.2, 0.25) is 0 Å². The molecule has 1 spiro atoms. The predicted molar refractivity (Wildman–Crippen MR) is 68.7 cm³/mol. The van der Waals surface area contributed by atoms with Crippen LogP contribution in [-0.4, -0.2) is 30.6 Å². The van der Waals surface area contributed by atoms with Crippen molar-refractivity contribution in [2.24, 2.45) is 16.7 Å². The molecule has 3 aliphatic rings. The molecule has 0 radical (unpaired) electrons. The number of ether oxygens (including phenoxy) is 1. The average molecular weight is 264 g/mol. The van der Waals surface area contributed by atoms with Crippen molar-refractivity contribution in [3.05, 3.63) is 11.1 Å². The molecule has 3 rings (SSSR count). The normalized spacial score (nSPS) is 36.9. The second-order valence-electron chi connectivity index (χ2n) is 6.14. The van der Waals surface area contributed by atoms with E-state index in [1.54, 1.807) is 7.11 Å². The third kappa shape index (κ3) is 1.33. The Morgan fingerprint density at radius 1 is 1.42 bits per heavy atom. The van der Waals surface area contributed by atoms with Crippen molar-refractivity contribution in [1.82, 2.24) is 0 Å². The molecule has 0 amide bonds. The lowest BCUT2D eigenvalue weighted by molar-refractivity contribution is -0.134. The van der Waals surface area contributed by atoms with E-state index < -0.39 is 11.4 Å². The smallest absolute Gasteiger partial charge is 0.331 e. The first-order valence-corrected chi connectivity index (χ1v) is 7.04. The number of ketones is 1. The van der Waals surface area contributed by atoms with Gasteiger partial charge in [-0.15, -0.1) is 0 Å². The minimum absolute atomic E-state index is 0.0330. The van der Waals surface area contributed by atoms with Crippen LogP contribution in [0.4, 0.5) is 0 Å². The zero-order valence-electron chi connectivity index (χ0n) is 11.5. The summed E-state index contributed by atoms with van der Waals surface area (Å²) < 4.78 is 5.32. The van der Waals surface area contributed by atoms with Crippen LogP contribution in [0.2, 0.25) is 0 Å². The van der Waals surface area contributed by atoms with Crippen LogP contribution in [0.3, 0.4) is 0 Å². The van der Waals surface area contributed by atoms with Crippen molar-refractivity contribution in [2.45, 2.75) is 39.0 Å². The lowest BCUT2D eigenvalue weighted by atomic mass is 9.76. The van der Waals surface area contributed by atoms with Crippen LogP contribution in [0.1, 0.15) is 39.0 Å². The third-order valence-corrected chi connectivity index (χ3v) is 5.62. The van der Waals surface area contributed by atoms with E-state index in [1.165, 1.54) is 0 Å². The van der Waals surface area contributed by atoms with Crippen LogP contribution >= 0.6 is 0 Å². The van der Waals surface area contributed by atoms with Gasteiger partial charge in [0, 0.05) is 18.3 Å². The standard InChI is InChI=1S/C15H20O4/c1-3-9(13(17)18)11-10-4-5-15(8-19-2,12(11)16)14(10)6-7-14/h10H,3-8H2,1-2H3,(H,17,18)/b11-9-. The van der Waals surface area contributed by atoms with Crippen LogP contribution < -0.4 is 0 Å². The molecule has 0 aromatic carbocycles. The zero-order valence-corrected chi connectivity index (χ0v) is 11.5. The van der Waals surface area contributed by atoms with Crippen LogP contribution in [0.25, 0.3) is 0 Å². The Balaban J connectivity index is 2.13. The molecule has 19 heavy (non-hydrogen) atoms. The molecule has 0 saturated heterocycles. The van der Waals surface area contributed by atoms with Gasteiger partial charge in [-0.05, 0) is 43.4 Å². The summed E-state index contributed by atoms with van der Waals surface area (Å²) >= 11 is 0. The van der Waals surface area contributed by atoms with Gasteiger partial charge in [-0.3, -0.25) is 4.79 Å². The van der Waals surface area contributed by atoms with E-state index in [9.17, 15) is 14.7 Å². The first-order chi connectivity index (χ1) is 9.04. The highest BCUT2D eigenvalue weighted by Crippen LogP contribution is 2.77. The number of carbonyl (C=O) groups excluding carboxylic acids is 1. The Hall–Kier alpha value is -1.16. The second kappa shape index (κ2) is 3.92. The van der Waals surface area contributed by atoms with E-state index in [1.807, 2.05) is 6.92 Å². The van der Waals surface area contributed by atoms with Gasteiger partial charge in [-0.2, -0.15) is 0 Å². The van der Waals surface area contributed by atoms with E-state index >= 15 is 0 Å². The summed E-state index contributed by atoms with van der Waals surface area (Å²) in [7, 11) is 1.63. The molecule has 3 aliphatic carbocycles. The number of methoxy groups -OCH3 is 1. The summed E-state index contributed by atoms with van der Waals surface area (Å²) in [5, 5.41) is 9.34. The lowest BCUT2D eigenvalue weighted by Gasteiger charge is -2.29. The molecular formula is C15H20O4. The van der Waals surface area contributed by atoms with Crippen molar-refractivity contribution >= 4 is 11.8 Å². The predicted octanol–water partition coefficient (Wildman–Crippen LogP) is 2.18. The van der Waals surface area contributed by atoms with Crippen molar-refractivity contribution in [2.75, 3.05) is 13.7 Å². The van der Waals surface area contributed by atoms with Crippen LogP contribution in [0, 0.1) is 16.7 Å². The molecule has 2 bridgehead atoms. The van der Waals surface area contributed by atoms with Gasteiger partial charge >= 0.3 is 5.97 Å². The highest BCUT2D eigenvalue weighted by molar-refractivity contribution is 6.10. The Kier molecular flexibility index (Phi) is 2.65. The number of allylic oxidation sites excluding steroid dienone is 1. The third-order valence-electron chi connectivity index (χ3n) is 5.62. The topological polar surface area (TPSA) is 63.6 Å². The maximum absolute atomic E-state index is 12.8. The van der Waals surface area contributed by atoms with Gasteiger partial charge in [0.25, 0.3) is 0 Å². The quantitative estimate of drug-likeness (QED) is 0.790. The molecule has 0 heterocycles. The maximum atomic E-state index is 12.8. The van der Waals surface area contributed by atoms with Gasteiger partial charge < -0.3 is 9.84 Å². The number of hydrogen-bond acceptors (Lipinski definition) is 3. The SMILES string of the molecule is CC/C(C(=O)O)=C1/C(=O)C2(COC)CCC1C21CC1. The molecule has 2 unspecified atom stereocenters. The second-order valence-corrected chi connectivity index (χ2v) is 6.14. The summed E-state index contributed by atoms with van der Waals surface area (Å²) in [5.74, 6) is -0.690. The lowest BCUT2D eigenvalue weighted by Crippen LogP contribution is -2.36. The van der Waals surface area contributed by atoms with Crippen molar-refractivity contribution in [3.63, 3.8) is 0 Å². The van der Waals surface area contributed by atoms with Crippen LogP contribution in [0.5, 0.6) is 0 Å². The maximum Gasteiger partial charge on any atom is 0.331 e. The molecule has 4 nitrogen and oxygen atoms in total. The molecular weight excluding hydrogens is 244 g/mol.